The Hall–Kier alpha value is -3.22. The smallest absolute Gasteiger partial charge is 0.244 e. The number of carbonyl (C=O) groups is 2. The predicted octanol–water partition coefficient (Wildman–Crippen LogP) is 2.72. The van der Waals surface area contributed by atoms with Crippen LogP contribution < -0.4 is 24.4 Å². The van der Waals surface area contributed by atoms with E-state index in [4.69, 9.17) is 14.2 Å². The quantitative estimate of drug-likeness (QED) is 0.891. The lowest BCUT2D eigenvalue weighted by atomic mass is 10.2. The van der Waals surface area contributed by atoms with Crippen LogP contribution in [-0.2, 0) is 9.59 Å². The summed E-state index contributed by atoms with van der Waals surface area (Å²) in [7, 11) is 1.54. The second kappa shape index (κ2) is 7.35. The highest BCUT2D eigenvalue weighted by Crippen LogP contribution is 2.35. The van der Waals surface area contributed by atoms with Gasteiger partial charge in [0.15, 0.2) is 11.5 Å². The Bertz CT molecular complexity index is 850. The summed E-state index contributed by atoms with van der Waals surface area (Å²) in [5, 5.41) is 2.80. The van der Waals surface area contributed by atoms with Gasteiger partial charge < -0.3 is 24.4 Å². The van der Waals surface area contributed by atoms with Gasteiger partial charge in [-0.1, -0.05) is 6.07 Å². The number of hydrogen-bond donors (Lipinski definition) is 1. The van der Waals surface area contributed by atoms with Crippen molar-refractivity contribution in [2.24, 2.45) is 0 Å². The molecule has 0 saturated heterocycles. The summed E-state index contributed by atoms with van der Waals surface area (Å²) < 4.78 is 15.9. The van der Waals surface area contributed by atoms with Crippen molar-refractivity contribution < 1.29 is 23.8 Å². The molecule has 0 unspecified atom stereocenters. The zero-order valence-electron chi connectivity index (χ0n) is 14.9. The molecule has 26 heavy (non-hydrogen) atoms. The Labute approximate surface area is 151 Å². The van der Waals surface area contributed by atoms with Gasteiger partial charge in [0.05, 0.1) is 12.8 Å². The minimum Gasteiger partial charge on any atom is -0.495 e. The molecule has 1 aliphatic heterocycles. The maximum absolute atomic E-state index is 12.5. The van der Waals surface area contributed by atoms with Crippen molar-refractivity contribution >= 4 is 23.2 Å². The molecular weight excluding hydrogens is 336 g/mol. The van der Waals surface area contributed by atoms with Crippen molar-refractivity contribution in [3.05, 3.63) is 42.0 Å². The monoisotopic (exact) mass is 356 g/mol. The van der Waals surface area contributed by atoms with Gasteiger partial charge in [-0.15, -0.1) is 0 Å². The molecule has 0 saturated carbocycles. The molecule has 3 rings (SSSR count). The highest BCUT2D eigenvalue weighted by Gasteiger charge is 2.20. The van der Waals surface area contributed by atoms with Crippen molar-refractivity contribution in [1.82, 2.24) is 0 Å². The third kappa shape index (κ3) is 3.72. The van der Waals surface area contributed by atoms with Crippen LogP contribution in [0.1, 0.15) is 12.5 Å². The Morgan fingerprint density at radius 1 is 1.15 bits per heavy atom. The van der Waals surface area contributed by atoms with Gasteiger partial charge in [0, 0.05) is 18.7 Å². The van der Waals surface area contributed by atoms with E-state index in [-0.39, 0.29) is 25.2 Å². The normalized spacial score (nSPS) is 11.8. The Morgan fingerprint density at radius 2 is 1.92 bits per heavy atom. The Kier molecular flexibility index (Phi) is 4.97. The van der Waals surface area contributed by atoms with Crippen LogP contribution in [0.15, 0.2) is 36.4 Å². The van der Waals surface area contributed by atoms with Gasteiger partial charge in [0.25, 0.3) is 0 Å². The molecular formula is C19H20N2O5. The van der Waals surface area contributed by atoms with E-state index in [1.807, 2.05) is 19.1 Å². The first-order valence-corrected chi connectivity index (χ1v) is 8.10. The number of nitrogens with one attached hydrogen (secondary N) is 1. The number of aryl methyl sites for hydroxylation is 1. The van der Waals surface area contributed by atoms with Gasteiger partial charge >= 0.3 is 0 Å². The molecule has 1 heterocycles. The molecule has 7 heteroatoms. The number of carbonyl (C=O) groups excluding carboxylic acids is 2. The van der Waals surface area contributed by atoms with Gasteiger partial charge in [0.1, 0.15) is 12.3 Å². The number of ether oxygens (including phenoxy) is 3. The summed E-state index contributed by atoms with van der Waals surface area (Å²) in [6, 6.07) is 10.6. The molecule has 2 aromatic rings. The molecule has 0 aliphatic carbocycles. The second-order valence-corrected chi connectivity index (χ2v) is 5.89. The lowest BCUT2D eigenvalue weighted by Gasteiger charge is -2.21. The van der Waals surface area contributed by atoms with E-state index in [1.165, 1.54) is 18.9 Å². The van der Waals surface area contributed by atoms with Crippen LogP contribution in [-0.4, -0.2) is 32.3 Å². The molecule has 136 valence electrons. The van der Waals surface area contributed by atoms with Gasteiger partial charge in [-0.2, -0.15) is 0 Å². The van der Waals surface area contributed by atoms with Crippen LogP contribution in [0.3, 0.4) is 0 Å². The fourth-order valence-electron chi connectivity index (χ4n) is 2.69. The fraction of sp³-hybridized carbons (Fsp3) is 0.263. The molecule has 2 amide bonds. The molecule has 0 radical (unpaired) electrons. The van der Waals surface area contributed by atoms with Crippen LogP contribution in [0.4, 0.5) is 11.4 Å². The number of amides is 2. The highest BCUT2D eigenvalue weighted by molar-refractivity contribution is 6.02. The molecule has 0 spiro atoms. The van der Waals surface area contributed by atoms with Crippen LogP contribution >= 0.6 is 0 Å². The summed E-state index contributed by atoms with van der Waals surface area (Å²) in [6.45, 7) is 3.34. The SMILES string of the molecule is COc1ccc(C)cc1NC(=O)CN(C(C)=O)c1ccc2c(c1)OCO2. The number of hydrogen-bond acceptors (Lipinski definition) is 5. The van der Waals surface area contributed by atoms with E-state index >= 15 is 0 Å². The number of nitrogens with zero attached hydrogens (tertiary/aromatic N) is 1. The Morgan fingerprint density at radius 3 is 2.65 bits per heavy atom. The summed E-state index contributed by atoms with van der Waals surface area (Å²) >= 11 is 0. The summed E-state index contributed by atoms with van der Waals surface area (Å²) in [5.41, 5.74) is 2.11. The Balaban J connectivity index is 1.77. The van der Waals surface area contributed by atoms with Crippen LogP contribution in [0.2, 0.25) is 0 Å². The largest absolute Gasteiger partial charge is 0.495 e. The van der Waals surface area contributed by atoms with E-state index in [0.717, 1.165) is 5.56 Å². The lowest BCUT2D eigenvalue weighted by Crippen LogP contribution is -2.36. The van der Waals surface area contributed by atoms with E-state index < -0.39 is 0 Å². The van der Waals surface area contributed by atoms with E-state index in [0.29, 0.717) is 28.6 Å². The van der Waals surface area contributed by atoms with Gasteiger partial charge in [-0.25, -0.2) is 0 Å². The number of methoxy groups -OCH3 is 1. The van der Waals surface area contributed by atoms with E-state index in [2.05, 4.69) is 5.32 Å². The standard InChI is InChI=1S/C19H20N2O5/c1-12-4-6-16(24-3)15(8-12)20-19(23)10-21(13(2)22)14-5-7-17-18(9-14)26-11-25-17/h4-9H,10-11H2,1-3H3,(H,20,23). The number of rotatable bonds is 5. The molecule has 0 aromatic heterocycles. The van der Waals surface area contributed by atoms with E-state index in [1.54, 1.807) is 24.3 Å². The van der Waals surface area contributed by atoms with Crippen molar-refractivity contribution in [3.8, 4) is 17.2 Å². The van der Waals surface area contributed by atoms with Gasteiger partial charge in [-0.05, 0) is 36.8 Å². The second-order valence-electron chi connectivity index (χ2n) is 5.89. The topological polar surface area (TPSA) is 77.1 Å². The third-order valence-corrected chi connectivity index (χ3v) is 3.98. The first kappa shape index (κ1) is 17.6. The molecule has 1 aliphatic rings. The predicted molar refractivity (Wildman–Crippen MR) is 97.0 cm³/mol. The van der Waals surface area contributed by atoms with Crippen molar-refractivity contribution in [2.75, 3.05) is 30.7 Å². The van der Waals surface area contributed by atoms with Crippen molar-refractivity contribution in [2.45, 2.75) is 13.8 Å². The fourth-order valence-corrected chi connectivity index (χ4v) is 2.69. The minimum atomic E-state index is -0.332. The van der Waals surface area contributed by atoms with Crippen LogP contribution in [0, 0.1) is 6.92 Å². The molecule has 2 aromatic carbocycles. The maximum atomic E-state index is 12.5. The van der Waals surface area contributed by atoms with Gasteiger partial charge in [0.2, 0.25) is 18.6 Å². The summed E-state index contributed by atoms with van der Waals surface area (Å²) in [4.78, 5) is 25.9. The highest BCUT2D eigenvalue weighted by atomic mass is 16.7. The zero-order chi connectivity index (χ0) is 18.7. The first-order chi connectivity index (χ1) is 12.5. The number of benzene rings is 2. The average Bonchev–Trinajstić information content (AvgIpc) is 3.07. The van der Waals surface area contributed by atoms with Crippen LogP contribution in [0.5, 0.6) is 17.2 Å². The molecule has 0 atom stereocenters. The molecule has 7 nitrogen and oxygen atoms in total. The zero-order valence-corrected chi connectivity index (χ0v) is 14.9. The third-order valence-electron chi connectivity index (χ3n) is 3.98. The van der Waals surface area contributed by atoms with E-state index in [9.17, 15) is 9.59 Å². The minimum absolute atomic E-state index is 0.133. The first-order valence-electron chi connectivity index (χ1n) is 8.10. The van der Waals surface area contributed by atoms with Gasteiger partial charge in [-0.3, -0.25) is 9.59 Å². The molecule has 0 bridgehead atoms. The molecule has 0 fully saturated rings. The molecule has 1 N–H and O–H groups in total. The number of fused-ring (bicyclic) bond motifs is 1. The van der Waals surface area contributed by atoms with Crippen LogP contribution in [0.25, 0.3) is 0 Å². The average molecular weight is 356 g/mol. The summed E-state index contributed by atoms with van der Waals surface area (Å²) in [6.07, 6.45) is 0. The lowest BCUT2D eigenvalue weighted by molar-refractivity contribution is -0.120. The number of anilines is 2. The van der Waals surface area contributed by atoms with Crippen molar-refractivity contribution in [1.29, 1.82) is 0 Å². The van der Waals surface area contributed by atoms with Crippen molar-refractivity contribution in [3.63, 3.8) is 0 Å². The maximum Gasteiger partial charge on any atom is 0.244 e. The summed E-state index contributed by atoms with van der Waals surface area (Å²) in [5.74, 6) is 1.14.